The van der Waals surface area contributed by atoms with Crippen molar-refractivity contribution in [2.24, 2.45) is 5.73 Å². The molecule has 0 aromatic heterocycles. The highest BCUT2D eigenvalue weighted by Crippen LogP contribution is 1.85. The first-order chi connectivity index (χ1) is 5.11. The van der Waals surface area contributed by atoms with Gasteiger partial charge in [-0.25, -0.2) is 9.59 Å². The molecular formula is C6H9NO4. The first-order valence-electron chi connectivity index (χ1n) is 2.86. The molecule has 0 heterocycles. The van der Waals surface area contributed by atoms with Crippen molar-refractivity contribution < 1.29 is 19.4 Å². The van der Waals surface area contributed by atoms with Gasteiger partial charge in [0.1, 0.15) is 6.04 Å². The average Bonchev–Trinajstić information content (AvgIpc) is 2.02. The molecule has 0 fully saturated rings. The molecule has 11 heavy (non-hydrogen) atoms. The second-order valence-electron chi connectivity index (χ2n) is 1.73. The van der Waals surface area contributed by atoms with Crippen molar-refractivity contribution in [2.75, 3.05) is 6.61 Å². The van der Waals surface area contributed by atoms with E-state index in [0.717, 1.165) is 6.08 Å². The largest absolute Gasteiger partial charge is 0.394 e. The van der Waals surface area contributed by atoms with Gasteiger partial charge in [-0.1, -0.05) is 6.58 Å². The van der Waals surface area contributed by atoms with Gasteiger partial charge in [-0.2, -0.15) is 0 Å². The molecule has 0 rings (SSSR count). The van der Waals surface area contributed by atoms with E-state index in [1.807, 2.05) is 0 Å². The molecule has 0 aromatic rings. The van der Waals surface area contributed by atoms with E-state index in [1.54, 1.807) is 0 Å². The maximum absolute atomic E-state index is 10.6. The Morgan fingerprint density at radius 3 is 2.64 bits per heavy atom. The Bertz CT molecular complexity index is 177. The van der Waals surface area contributed by atoms with Crippen LogP contribution in [0.4, 0.5) is 0 Å². The van der Waals surface area contributed by atoms with Crippen molar-refractivity contribution in [3.63, 3.8) is 0 Å². The van der Waals surface area contributed by atoms with E-state index in [4.69, 9.17) is 10.8 Å². The first kappa shape index (κ1) is 9.80. The molecule has 5 heteroatoms. The van der Waals surface area contributed by atoms with Crippen LogP contribution in [0.1, 0.15) is 0 Å². The number of hydrogen-bond donors (Lipinski definition) is 2. The maximum Gasteiger partial charge on any atom is 0.337 e. The fraction of sp³-hybridized carbons (Fsp3) is 0.333. The van der Waals surface area contributed by atoms with Crippen molar-refractivity contribution in [1.29, 1.82) is 0 Å². The van der Waals surface area contributed by atoms with Crippen LogP contribution in [0, 0.1) is 0 Å². The molecule has 3 N–H and O–H groups in total. The van der Waals surface area contributed by atoms with Gasteiger partial charge in [0.25, 0.3) is 0 Å². The van der Waals surface area contributed by atoms with Gasteiger partial charge >= 0.3 is 11.9 Å². The molecule has 62 valence electrons. The van der Waals surface area contributed by atoms with E-state index in [0.29, 0.717) is 0 Å². The Morgan fingerprint density at radius 1 is 1.73 bits per heavy atom. The second kappa shape index (κ2) is 4.59. The lowest BCUT2D eigenvalue weighted by Crippen LogP contribution is -2.36. The number of nitrogens with two attached hydrogens (primary N) is 1. The van der Waals surface area contributed by atoms with Crippen molar-refractivity contribution in [1.82, 2.24) is 0 Å². The van der Waals surface area contributed by atoms with Gasteiger partial charge < -0.3 is 15.6 Å². The van der Waals surface area contributed by atoms with Gasteiger partial charge in [0.2, 0.25) is 0 Å². The topological polar surface area (TPSA) is 89.6 Å². The number of aliphatic hydroxyl groups excluding tert-OH is 1. The maximum atomic E-state index is 10.6. The average molecular weight is 159 g/mol. The minimum Gasteiger partial charge on any atom is -0.394 e. The van der Waals surface area contributed by atoms with Crippen LogP contribution in [0.25, 0.3) is 0 Å². The molecule has 1 atom stereocenters. The molecule has 0 radical (unpaired) electrons. The summed E-state index contributed by atoms with van der Waals surface area (Å²) in [5, 5.41) is 8.33. The number of aliphatic hydroxyl groups is 1. The molecule has 0 aliphatic heterocycles. The fourth-order valence-electron chi connectivity index (χ4n) is 0.291. The summed E-state index contributed by atoms with van der Waals surface area (Å²) in [6, 6.07) is -1.17. The van der Waals surface area contributed by atoms with Gasteiger partial charge in [-0.3, -0.25) is 0 Å². The Hall–Kier alpha value is -1.20. The molecule has 0 saturated heterocycles. The number of ether oxygens (including phenoxy) is 1. The third kappa shape index (κ3) is 3.49. The van der Waals surface area contributed by atoms with E-state index in [9.17, 15) is 9.59 Å². The third-order valence-corrected chi connectivity index (χ3v) is 0.867. The van der Waals surface area contributed by atoms with Crippen LogP contribution >= 0.6 is 0 Å². The summed E-state index contributed by atoms with van der Waals surface area (Å²) < 4.78 is 4.07. The highest BCUT2D eigenvalue weighted by molar-refractivity contribution is 5.93. The molecular weight excluding hydrogens is 150 g/mol. The lowest BCUT2D eigenvalue weighted by atomic mass is 10.3. The zero-order valence-corrected chi connectivity index (χ0v) is 5.82. The summed E-state index contributed by atoms with van der Waals surface area (Å²) in [6.07, 6.45) is 0.835. The van der Waals surface area contributed by atoms with Crippen LogP contribution in [0.3, 0.4) is 0 Å². The normalized spacial score (nSPS) is 11.8. The van der Waals surface area contributed by atoms with E-state index in [-0.39, 0.29) is 0 Å². The molecule has 0 bridgehead atoms. The quantitative estimate of drug-likeness (QED) is 0.299. The lowest BCUT2D eigenvalue weighted by Gasteiger charge is -2.04. The van der Waals surface area contributed by atoms with Crippen molar-refractivity contribution in [3.05, 3.63) is 12.7 Å². The Labute approximate surface area is 63.4 Å². The van der Waals surface area contributed by atoms with Crippen molar-refractivity contribution in [2.45, 2.75) is 6.04 Å². The zero-order valence-electron chi connectivity index (χ0n) is 5.82. The third-order valence-electron chi connectivity index (χ3n) is 0.867. The fourth-order valence-corrected chi connectivity index (χ4v) is 0.291. The number of carbonyl (C=O) groups excluding carboxylic acids is 2. The van der Waals surface area contributed by atoms with Crippen molar-refractivity contribution in [3.8, 4) is 0 Å². The molecule has 0 aliphatic rings. The van der Waals surface area contributed by atoms with E-state index < -0.39 is 24.6 Å². The van der Waals surface area contributed by atoms with Crippen LogP contribution in [-0.4, -0.2) is 29.7 Å². The standard InChI is InChI=1S/C6H9NO4/c1-2-5(9)11-6(10)4(7)3-8/h2,4,8H,1,3,7H2/t4-/m0/s1. The van der Waals surface area contributed by atoms with Gasteiger partial charge in [0.05, 0.1) is 6.61 Å². The van der Waals surface area contributed by atoms with Crippen LogP contribution in [-0.2, 0) is 14.3 Å². The Kier molecular flexibility index (Phi) is 4.09. The Morgan fingerprint density at radius 2 is 2.27 bits per heavy atom. The van der Waals surface area contributed by atoms with Crippen molar-refractivity contribution >= 4 is 11.9 Å². The van der Waals surface area contributed by atoms with Crippen LogP contribution in [0.15, 0.2) is 12.7 Å². The number of esters is 2. The highest BCUT2D eigenvalue weighted by atomic mass is 16.6. The SMILES string of the molecule is C=CC(=O)OC(=O)[C@@H](N)CO. The predicted molar refractivity (Wildman–Crippen MR) is 36.4 cm³/mol. The summed E-state index contributed by atoms with van der Waals surface area (Å²) in [5.41, 5.74) is 5.01. The zero-order chi connectivity index (χ0) is 8.85. The molecule has 0 spiro atoms. The van der Waals surface area contributed by atoms with E-state index >= 15 is 0 Å². The molecule has 0 unspecified atom stereocenters. The summed E-state index contributed by atoms with van der Waals surface area (Å²) in [6.45, 7) is 2.52. The molecule has 5 nitrogen and oxygen atoms in total. The summed E-state index contributed by atoms with van der Waals surface area (Å²) in [5.74, 6) is -1.84. The first-order valence-corrected chi connectivity index (χ1v) is 2.86. The minimum absolute atomic E-state index is 0.552. The van der Waals surface area contributed by atoms with Crippen LogP contribution < -0.4 is 5.73 Å². The van der Waals surface area contributed by atoms with Gasteiger partial charge in [0.15, 0.2) is 0 Å². The summed E-state index contributed by atoms with van der Waals surface area (Å²) in [7, 11) is 0. The molecule has 0 amide bonds. The minimum atomic E-state index is -1.17. The van der Waals surface area contributed by atoms with Gasteiger partial charge in [-0.05, 0) is 0 Å². The number of rotatable bonds is 3. The number of hydrogen-bond acceptors (Lipinski definition) is 5. The van der Waals surface area contributed by atoms with E-state index in [1.165, 1.54) is 0 Å². The molecule has 0 saturated carbocycles. The van der Waals surface area contributed by atoms with Gasteiger partial charge in [-0.15, -0.1) is 0 Å². The molecule has 0 aromatic carbocycles. The predicted octanol–water partition coefficient (Wildman–Crippen LogP) is -1.44. The summed E-state index contributed by atoms with van der Waals surface area (Å²) >= 11 is 0. The second-order valence-corrected chi connectivity index (χ2v) is 1.73. The number of carbonyl (C=O) groups is 2. The van der Waals surface area contributed by atoms with E-state index in [2.05, 4.69) is 11.3 Å². The molecule has 0 aliphatic carbocycles. The monoisotopic (exact) mass is 159 g/mol. The smallest absolute Gasteiger partial charge is 0.337 e. The Balaban J connectivity index is 3.86. The van der Waals surface area contributed by atoms with Crippen LogP contribution in [0.5, 0.6) is 0 Å². The van der Waals surface area contributed by atoms with Crippen LogP contribution in [0.2, 0.25) is 0 Å². The van der Waals surface area contributed by atoms with Gasteiger partial charge in [0, 0.05) is 6.08 Å². The summed E-state index contributed by atoms with van der Waals surface area (Å²) in [4.78, 5) is 20.9. The highest BCUT2D eigenvalue weighted by Gasteiger charge is 2.15. The lowest BCUT2D eigenvalue weighted by molar-refractivity contribution is -0.157.